The Kier molecular flexibility index (Phi) is 4.87. The summed E-state index contributed by atoms with van der Waals surface area (Å²) in [5.74, 6) is 0.490. The van der Waals surface area contributed by atoms with Gasteiger partial charge in [-0.05, 0) is 30.3 Å². The summed E-state index contributed by atoms with van der Waals surface area (Å²) >= 11 is 0. The van der Waals surface area contributed by atoms with Crippen molar-refractivity contribution in [2.45, 2.75) is 12.8 Å². The van der Waals surface area contributed by atoms with Gasteiger partial charge in [-0.15, -0.1) is 0 Å². The topological polar surface area (TPSA) is 70.8 Å². The third-order valence-electron chi connectivity index (χ3n) is 4.19. The van der Waals surface area contributed by atoms with Crippen LogP contribution in [0, 0.1) is 0 Å². The zero-order chi connectivity index (χ0) is 20.4. The number of nitrogens with zero attached hydrogens (tertiary/aromatic N) is 1. The largest absolute Gasteiger partial charge is 0.486 e. The minimum atomic E-state index is -4.66. The average molecular weight is 405 g/mol. The molecule has 29 heavy (non-hydrogen) atoms. The van der Waals surface area contributed by atoms with E-state index in [1.165, 1.54) is 18.2 Å². The molecule has 0 aliphatic carbocycles. The van der Waals surface area contributed by atoms with Gasteiger partial charge < -0.3 is 18.7 Å². The first-order valence-corrected chi connectivity index (χ1v) is 8.61. The van der Waals surface area contributed by atoms with Crippen molar-refractivity contribution >= 4 is 5.97 Å². The molecule has 4 rings (SSSR count). The average Bonchev–Trinajstić information content (AvgIpc) is 3.20. The molecule has 2 aromatic carbocycles. The maximum absolute atomic E-state index is 13.0. The van der Waals surface area contributed by atoms with Crippen molar-refractivity contribution in [2.24, 2.45) is 0 Å². The summed E-state index contributed by atoms with van der Waals surface area (Å²) in [6.07, 6.45) is -4.66. The minimum Gasteiger partial charge on any atom is -0.486 e. The molecule has 1 aromatic heterocycles. The van der Waals surface area contributed by atoms with Gasteiger partial charge in [0.15, 0.2) is 17.3 Å². The van der Waals surface area contributed by atoms with E-state index in [0.717, 1.165) is 12.1 Å². The predicted octanol–water partition coefficient (Wildman–Crippen LogP) is 4.49. The molecule has 1 aliphatic heterocycles. The van der Waals surface area contributed by atoms with Crippen LogP contribution in [0.1, 0.15) is 21.6 Å². The Morgan fingerprint density at radius 2 is 1.79 bits per heavy atom. The third kappa shape index (κ3) is 4.03. The lowest BCUT2D eigenvalue weighted by molar-refractivity contribution is -0.138. The molecule has 0 unspecified atom stereocenters. The van der Waals surface area contributed by atoms with E-state index in [-0.39, 0.29) is 12.3 Å². The summed E-state index contributed by atoms with van der Waals surface area (Å²) in [6.45, 7) is 0.578. The number of benzene rings is 2. The Morgan fingerprint density at radius 3 is 2.59 bits per heavy atom. The lowest BCUT2D eigenvalue weighted by Gasteiger charge is -2.18. The van der Waals surface area contributed by atoms with Gasteiger partial charge in [0.1, 0.15) is 25.5 Å². The first-order chi connectivity index (χ1) is 13.9. The number of esters is 1. The first kappa shape index (κ1) is 18.9. The number of rotatable bonds is 4. The molecule has 0 atom stereocenters. The summed E-state index contributed by atoms with van der Waals surface area (Å²) in [5, 5.41) is 3.79. The quantitative estimate of drug-likeness (QED) is 0.596. The molecule has 0 bridgehead atoms. The second-order valence-corrected chi connectivity index (χ2v) is 6.16. The molecule has 0 saturated carbocycles. The van der Waals surface area contributed by atoms with Crippen molar-refractivity contribution in [3.05, 3.63) is 65.4 Å². The third-order valence-corrected chi connectivity index (χ3v) is 4.19. The van der Waals surface area contributed by atoms with E-state index in [2.05, 4.69) is 5.16 Å². The fourth-order valence-electron chi connectivity index (χ4n) is 2.84. The van der Waals surface area contributed by atoms with Crippen LogP contribution in [0.2, 0.25) is 0 Å². The zero-order valence-corrected chi connectivity index (χ0v) is 14.9. The molecule has 6 nitrogen and oxygen atoms in total. The highest BCUT2D eigenvalue weighted by molar-refractivity contribution is 5.91. The first-order valence-electron chi connectivity index (χ1n) is 8.61. The van der Waals surface area contributed by atoms with Gasteiger partial charge in [-0.3, -0.25) is 0 Å². The molecule has 0 fully saturated rings. The lowest BCUT2D eigenvalue weighted by Crippen LogP contribution is -2.15. The van der Waals surface area contributed by atoms with Gasteiger partial charge in [-0.1, -0.05) is 17.3 Å². The van der Waals surface area contributed by atoms with E-state index in [1.54, 1.807) is 18.2 Å². The standard InChI is InChI=1S/C20H14F3NO5/c21-20(22,23)15-4-2-1-3-14(15)19(25)28-11-13-10-17(29-24-13)12-5-6-16-18(9-12)27-8-7-26-16/h1-6,9-10H,7-8,11H2. The summed E-state index contributed by atoms with van der Waals surface area (Å²) in [4.78, 5) is 12.1. The number of aromatic nitrogens is 1. The SMILES string of the molecule is O=C(OCc1cc(-c2ccc3c(c2)OCCO3)on1)c1ccccc1C(F)(F)F. The molecular weight excluding hydrogens is 391 g/mol. The van der Waals surface area contributed by atoms with Gasteiger partial charge in [0.25, 0.3) is 0 Å². The molecule has 2 heterocycles. The second kappa shape index (κ2) is 7.50. The second-order valence-electron chi connectivity index (χ2n) is 6.16. The highest BCUT2D eigenvalue weighted by Crippen LogP contribution is 2.35. The summed E-state index contributed by atoms with van der Waals surface area (Å²) in [7, 11) is 0. The molecule has 1 aliphatic rings. The van der Waals surface area contributed by atoms with E-state index >= 15 is 0 Å². The molecule has 3 aromatic rings. The Hall–Kier alpha value is -3.49. The molecule has 0 saturated heterocycles. The van der Waals surface area contributed by atoms with E-state index in [9.17, 15) is 18.0 Å². The van der Waals surface area contributed by atoms with Crippen molar-refractivity contribution in [1.82, 2.24) is 5.16 Å². The summed E-state index contributed by atoms with van der Waals surface area (Å²) in [5.41, 5.74) is -0.688. The number of carbonyl (C=O) groups excluding carboxylic acids is 1. The van der Waals surface area contributed by atoms with Gasteiger partial charge in [0.2, 0.25) is 0 Å². The minimum absolute atomic E-state index is 0.257. The summed E-state index contributed by atoms with van der Waals surface area (Å²) < 4.78 is 60.3. The number of halogens is 3. The van der Waals surface area contributed by atoms with Crippen LogP contribution in [0.4, 0.5) is 13.2 Å². The van der Waals surface area contributed by atoms with Crippen molar-refractivity contribution in [3.63, 3.8) is 0 Å². The fourth-order valence-corrected chi connectivity index (χ4v) is 2.84. The van der Waals surface area contributed by atoms with Crippen LogP contribution in [0.3, 0.4) is 0 Å². The van der Waals surface area contributed by atoms with Crippen LogP contribution in [0.5, 0.6) is 11.5 Å². The fraction of sp³-hybridized carbons (Fsp3) is 0.200. The number of hydrogen-bond acceptors (Lipinski definition) is 6. The van der Waals surface area contributed by atoms with E-state index in [4.69, 9.17) is 18.7 Å². The highest BCUT2D eigenvalue weighted by atomic mass is 19.4. The smallest absolute Gasteiger partial charge is 0.417 e. The monoisotopic (exact) mass is 405 g/mol. The van der Waals surface area contributed by atoms with Crippen molar-refractivity contribution in [2.75, 3.05) is 13.2 Å². The number of ether oxygens (including phenoxy) is 3. The molecule has 0 spiro atoms. The van der Waals surface area contributed by atoms with Gasteiger partial charge in [-0.25, -0.2) is 4.79 Å². The maximum Gasteiger partial charge on any atom is 0.417 e. The van der Waals surface area contributed by atoms with Crippen LogP contribution in [-0.4, -0.2) is 24.3 Å². The van der Waals surface area contributed by atoms with Crippen LogP contribution < -0.4 is 9.47 Å². The summed E-state index contributed by atoms with van der Waals surface area (Å²) in [6, 6.07) is 11.2. The molecule has 0 amide bonds. The molecular formula is C20H14F3NO5. The number of fused-ring (bicyclic) bond motifs is 1. The number of alkyl halides is 3. The highest BCUT2D eigenvalue weighted by Gasteiger charge is 2.35. The molecule has 0 radical (unpaired) electrons. The van der Waals surface area contributed by atoms with Crippen LogP contribution in [0.15, 0.2) is 53.1 Å². The molecule has 150 valence electrons. The Labute approximate surface area is 162 Å². The van der Waals surface area contributed by atoms with Crippen LogP contribution in [0.25, 0.3) is 11.3 Å². The normalized spacial score (nSPS) is 13.2. The molecule has 9 heteroatoms. The van der Waals surface area contributed by atoms with Crippen LogP contribution in [-0.2, 0) is 17.5 Å². The van der Waals surface area contributed by atoms with E-state index in [0.29, 0.717) is 36.0 Å². The lowest BCUT2D eigenvalue weighted by atomic mass is 10.1. The van der Waals surface area contributed by atoms with Crippen LogP contribution >= 0.6 is 0 Å². The Morgan fingerprint density at radius 1 is 1.03 bits per heavy atom. The Bertz CT molecular complexity index is 1040. The predicted molar refractivity (Wildman–Crippen MR) is 93.5 cm³/mol. The van der Waals surface area contributed by atoms with Crippen molar-refractivity contribution < 1.29 is 36.7 Å². The van der Waals surface area contributed by atoms with E-state index < -0.39 is 23.3 Å². The number of hydrogen-bond donors (Lipinski definition) is 0. The number of carbonyl (C=O) groups is 1. The van der Waals surface area contributed by atoms with Crippen molar-refractivity contribution in [3.8, 4) is 22.8 Å². The van der Waals surface area contributed by atoms with E-state index in [1.807, 2.05) is 0 Å². The van der Waals surface area contributed by atoms with Gasteiger partial charge >= 0.3 is 12.1 Å². The van der Waals surface area contributed by atoms with Crippen molar-refractivity contribution in [1.29, 1.82) is 0 Å². The zero-order valence-electron chi connectivity index (χ0n) is 14.9. The Balaban J connectivity index is 1.46. The molecule has 0 N–H and O–H groups in total. The maximum atomic E-state index is 13.0. The van der Waals surface area contributed by atoms with Gasteiger partial charge in [0, 0.05) is 11.6 Å². The van der Waals surface area contributed by atoms with Gasteiger partial charge in [0.05, 0.1) is 11.1 Å². The van der Waals surface area contributed by atoms with Gasteiger partial charge in [-0.2, -0.15) is 13.2 Å².